The molecule has 3 aromatic rings. The smallest absolute Gasteiger partial charge is 0.357 e. The molecule has 3 heteroatoms. The Bertz CT molecular complexity index is 810. The summed E-state index contributed by atoms with van der Waals surface area (Å²) < 4.78 is 4.90. The number of methoxy groups -OCH3 is 1. The van der Waals surface area contributed by atoms with Crippen molar-refractivity contribution in [2.75, 3.05) is 7.11 Å². The van der Waals surface area contributed by atoms with E-state index in [2.05, 4.69) is 4.98 Å². The van der Waals surface area contributed by atoms with E-state index in [1.807, 2.05) is 61.5 Å². The van der Waals surface area contributed by atoms with Crippen LogP contribution >= 0.6 is 0 Å². The Morgan fingerprint density at radius 2 is 1.67 bits per heavy atom. The Labute approximate surface area is 123 Å². The number of hydrogen-bond acceptors (Lipinski definition) is 3. The minimum absolute atomic E-state index is 0.361. The van der Waals surface area contributed by atoms with Gasteiger partial charge in [0.1, 0.15) is 0 Å². The minimum Gasteiger partial charge on any atom is -0.464 e. The highest BCUT2D eigenvalue weighted by Crippen LogP contribution is 2.31. The number of benzene rings is 2. The highest BCUT2D eigenvalue weighted by molar-refractivity contribution is 6.01. The van der Waals surface area contributed by atoms with Crippen LogP contribution in [0.4, 0.5) is 0 Å². The second-order valence-corrected chi connectivity index (χ2v) is 4.84. The van der Waals surface area contributed by atoms with E-state index in [9.17, 15) is 4.79 Å². The van der Waals surface area contributed by atoms with Crippen molar-refractivity contribution in [1.82, 2.24) is 4.98 Å². The molecule has 0 aliphatic carbocycles. The number of ether oxygens (including phenoxy) is 1. The highest BCUT2D eigenvalue weighted by atomic mass is 16.5. The van der Waals surface area contributed by atoms with Gasteiger partial charge in [0.15, 0.2) is 5.69 Å². The number of fused-ring (bicyclic) bond motifs is 1. The molecule has 0 amide bonds. The van der Waals surface area contributed by atoms with E-state index in [4.69, 9.17) is 4.74 Å². The van der Waals surface area contributed by atoms with E-state index >= 15 is 0 Å². The minimum atomic E-state index is -0.414. The zero-order chi connectivity index (χ0) is 14.8. The first-order valence-electron chi connectivity index (χ1n) is 6.75. The second-order valence-electron chi connectivity index (χ2n) is 4.84. The summed E-state index contributed by atoms with van der Waals surface area (Å²) in [4.78, 5) is 16.6. The van der Waals surface area contributed by atoms with Crippen LogP contribution in [-0.2, 0) is 4.74 Å². The van der Waals surface area contributed by atoms with E-state index in [1.165, 1.54) is 7.11 Å². The Morgan fingerprint density at radius 1 is 1.00 bits per heavy atom. The summed E-state index contributed by atoms with van der Waals surface area (Å²) in [7, 11) is 1.38. The van der Waals surface area contributed by atoms with Crippen molar-refractivity contribution in [3.05, 3.63) is 65.9 Å². The van der Waals surface area contributed by atoms with E-state index in [0.29, 0.717) is 5.69 Å². The number of esters is 1. The quantitative estimate of drug-likeness (QED) is 0.665. The summed E-state index contributed by atoms with van der Waals surface area (Å²) in [6, 6.07) is 17.6. The summed E-state index contributed by atoms with van der Waals surface area (Å²) in [6.07, 6.45) is 0. The predicted molar refractivity (Wildman–Crippen MR) is 83.3 cm³/mol. The molecule has 0 bridgehead atoms. The van der Waals surface area contributed by atoms with Crippen molar-refractivity contribution in [2.24, 2.45) is 0 Å². The average molecular weight is 277 g/mol. The molecular weight excluding hydrogens is 262 g/mol. The Hall–Kier alpha value is -2.68. The zero-order valence-corrected chi connectivity index (χ0v) is 12.0. The van der Waals surface area contributed by atoms with Gasteiger partial charge in [0.25, 0.3) is 0 Å². The number of aryl methyl sites for hydroxylation is 1. The number of carbonyl (C=O) groups excluding carboxylic acids is 1. The van der Waals surface area contributed by atoms with Gasteiger partial charge in [0, 0.05) is 10.9 Å². The van der Waals surface area contributed by atoms with Crippen LogP contribution < -0.4 is 0 Å². The van der Waals surface area contributed by atoms with Crippen molar-refractivity contribution < 1.29 is 9.53 Å². The summed E-state index contributed by atoms with van der Waals surface area (Å²) >= 11 is 0. The lowest BCUT2D eigenvalue weighted by Gasteiger charge is -2.13. The molecular formula is C18H15NO2. The maximum absolute atomic E-state index is 12.1. The molecule has 3 rings (SSSR count). The number of hydrogen-bond donors (Lipinski definition) is 0. The fourth-order valence-corrected chi connectivity index (χ4v) is 2.58. The van der Waals surface area contributed by atoms with Crippen molar-refractivity contribution in [3.63, 3.8) is 0 Å². The lowest BCUT2D eigenvalue weighted by atomic mass is 9.95. The number of nitrogens with zero attached hydrogens (tertiary/aromatic N) is 1. The normalized spacial score (nSPS) is 10.6. The van der Waals surface area contributed by atoms with Crippen LogP contribution in [0, 0.1) is 6.92 Å². The third-order valence-electron chi connectivity index (χ3n) is 3.59. The lowest BCUT2D eigenvalue weighted by Crippen LogP contribution is -2.08. The maximum atomic E-state index is 12.1. The van der Waals surface area contributed by atoms with Crippen molar-refractivity contribution in [2.45, 2.75) is 6.92 Å². The first-order valence-corrected chi connectivity index (χ1v) is 6.75. The molecule has 0 aliphatic rings. The SMILES string of the molecule is COC(=O)c1nc2ccccc2c(C)c1-c1ccccc1. The predicted octanol–water partition coefficient (Wildman–Crippen LogP) is 4.00. The van der Waals surface area contributed by atoms with Gasteiger partial charge >= 0.3 is 5.97 Å². The van der Waals surface area contributed by atoms with Gasteiger partial charge in [-0.2, -0.15) is 0 Å². The Balaban J connectivity index is 2.39. The van der Waals surface area contributed by atoms with E-state index in [1.54, 1.807) is 0 Å². The van der Waals surface area contributed by atoms with E-state index in [0.717, 1.165) is 27.6 Å². The topological polar surface area (TPSA) is 39.2 Å². The number of pyridine rings is 1. The van der Waals surface area contributed by atoms with Gasteiger partial charge in [-0.05, 0) is 24.1 Å². The van der Waals surface area contributed by atoms with Crippen molar-refractivity contribution >= 4 is 16.9 Å². The second kappa shape index (κ2) is 5.37. The molecule has 1 heterocycles. The van der Waals surface area contributed by atoms with Gasteiger partial charge in [-0.3, -0.25) is 0 Å². The molecule has 0 saturated carbocycles. The molecule has 0 aliphatic heterocycles. The van der Waals surface area contributed by atoms with Gasteiger partial charge in [-0.15, -0.1) is 0 Å². The molecule has 0 radical (unpaired) electrons. The summed E-state index contributed by atoms with van der Waals surface area (Å²) in [5, 5.41) is 1.05. The fourth-order valence-electron chi connectivity index (χ4n) is 2.58. The van der Waals surface area contributed by atoms with Gasteiger partial charge < -0.3 is 4.74 Å². The van der Waals surface area contributed by atoms with Crippen LogP contribution in [0.5, 0.6) is 0 Å². The summed E-state index contributed by atoms with van der Waals surface area (Å²) in [5.74, 6) is -0.414. The monoisotopic (exact) mass is 277 g/mol. The average Bonchev–Trinajstić information content (AvgIpc) is 2.55. The van der Waals surface area contributed by atoms with Gasteiger partial charge in [0.05, 0.1) is 12.6 Å². The van der Waals surface area contributed by atoms with Gasteiger partial charge in [-0.25, -0.2) is 9.78 Å². The summed E-state index contributed by atoms with van der Waals surface area (Å²) in [5.41, 5.74) is 4.00. The maximum Gasteiger partial charge on any atom is 0.357 e. The van der Waals surface area contributed by atoms with Crippen molar-refractivity contribution in [3.8, 4) is 11.1 Å². The molecule has 1 aromatic heterocycles. The molecule has 2 aromatic carbocycles. The van der Waals surface area contributed by atoms with E-state index in [-0.39, 0.29) is 0 Å². The lowest BCUT2D eigenvalue weighted by molar-refractivity contribution is 0.0595. The van der Waals surface area contributed by atoms with Crippen LogP contribution in [-0.4, -0.2) is 18.1 Å². The number of carbonyl (C=O) groups is 1. The molecule has 3 nitrogen and oxygen atoms in total. The zero-order valence-electron chi connectivity index (χ0n) is 12.0. The molecule has 21 heavy (non-hydrogen) atoms. The third kappa shape index (κ3) is 2.27. The number of rotatable bonds is 2. The number of para-hydroxylation sites is 1. The summed E-state index contributed by atoms with van der Waals surface area (Å²) in [6.45, 7) is 2.01. The molecule has 104 valence electrons. The standard InChI is InChI=1S/C18H15NO2/c1-12-14-10-6-7-11-15(14)19-17(18(20)21-2)16(12)13-8-4-3-5-9-13/h3-11H,1-2H3. The third-order valence-corrected chi connectivity index (χ3v) is 3.59. The highest BCUT2D eigenvalue weighted by Gasteiger charge is 2.19. The molecule has 0 N–H and O–H groups in total. The first-order chi connectivity index (χ1) is 10.2. The van der Waals surface area contributed by atoms with E-state index < -0.39 is 5.97 Å². The Morgan fingerprint density at radius 3 is 2.38 bits per heavy atom. The van der Waals surface area contributed by atoms with Crippen LogP contribution in [0.25, 0.3) is 22.0 Å². The molecule has 0 atom stereocenters. The fraction of sp³-hybridized carbons (Fsp3) is 0.111. The molecule has 0 fully saturated rings. The van der Waals surface area contributed by atoms with Crippen LogP contribution in [0.3, 0.4) is 0 Å². The largest absolute Gasteiger partial charge is 0.464 e. The van der Waals surface area contributed by atoms with Gasteiger partial charge in [0.2, 0.25) is 0 Å². The molecule has 0 spiro atoms. The van der Waals surface area contributed by atoms with Crippen LogP contribution in [0.1, 0.15) is 16.1 Å². The molecule has 0 unspecified atom stereocenters. The number of aromatic nitrogens is 1. The van der Waals surface area contributed by atoms with Crippen LogP contribution in [0.15, 0.2) is 54.6 Å². The molecule has 0 saturated heterocycles. The Kier molecular flexibility index (Phi) is 3.40. The van der Waals surface area contributed by atoms with Crippen LogP contribution in [0.2, 0.25) is 0 Å². The van der Waals surface area contributed by atoms with Gasteiger partial charge in [-0.1, -0.05) is 48.5 Å². The first kappa shape index (κ1) is 13.3. The van der Waals surface area contributed by atoms with Crippen molar-refractivity contribution in [1.29, 1.82) is 0 Å².